The van der Waals surface area contributed by atoms with E-state index in [0.717, 1.165) is 0 Å². The van der Waals surface area contributed by atoms with Crippen LogP contribution in [0.15, 0.2) is 11.1 Å². The van der Waals surface area contributed by atoms with Gasteiger partial charge >= 0.3 is 118 Å². The minimum absolute atomic E-state index is 0. The number of H-pyrrole nitrogens is 1. The number of aromatic nitrogens is 4. The number of nitrogens with two attached hydrogens (primary N) is 1. The number of phosphoric ester groups is 1. The van der Waals surface area contributed by atoms with Gasteiger partial charge in [0, 0.05) is 0 Å². The number of aromatic amines is 1. The Morgan fingerprint density at radius 1 is 1.09 bits per heavy atom. The summed E-state index contributed by atoms with van der Waals surface area (Å²) in [6, 6.07) is 0. The van der Waals surface area contributed by atoms with Gasteiger partial charge in [-0.3, -0.25) is 27.8 Å². The van der Waals surface area contributed by atoms with Gasteiger partial charge in [0.05, 0.1) is 26.9 Å². The van der Waals surface area contributed by atoms with E-state index in [9.17, 15) is 38.1 Å². The van der Waals surface area contributed by atoms with Gasteiger partial charge in [-0.15, -0.1) is 0 Å². The molecular weight excluding hydrogens is 567 g/mol. The Kier molecular flexibility index (Phi) is 17.5. The van der Waals surface area contributed by atoms with E-state index in [0.29, 0.717) is 6.42 Å². The van der Waals surface area contributed by atoms with Crippen LogP contribution in [0.1, 0.15) is 19.1 Å². The topological polar surface area (TPSA) is 270 Å². The Bertz CT molecular complexity index is 1160. The van der Waals surface area contributed by atoms with Crippen molar-refractivity contribution >= 4 is 40.6 Å². The molecule has 2 unspecified atom stereocenters. The Morgan fingerprint density at radius 3 is 2.29 bits per heavy atom. The molecule has 0 saturated carbocycles. The number of fused-ring (bicyclic) bond motifs is 1. The SMILES string of the molecule is Nc1nc2c(ncn2[C@H]2CC[C@@H](COP(=O)([O-])OP(=O)([O-])OP(=O)([O-])[O-])O2)c(=O)[nH]1.[Na+].[Na+].[Na+].[Na+]. The molecule has 168 valence electrons. The number of nitrogen functional groups attached to an aromatic ring is 1. The molecule has 17 nitrogen and oxygen atoms in total. The van der Waals surface area contributed by atoms with Crippen molar-refractivity contribution in [3.63, 3.8) is 0 Å². The minimum Gasteiger partial charge on any atom is -0.790 e. The maximum absolute atomic E-state index is 11.8. The van der Waals surface area contributed by atoms with Gasteiger partial charge in [-0.1, -0.05) is 0 Å². The zero-order valence-corrected chi connectivity index (χ0v) is 29.2. The Morgan fingerprint density at radius 2 is 1.71 bits per heavy atom. The molecule has 24 heteroatoms. The molecule has 4 atom stereocenters. The van der Waals surface area contributed by atoms with Crippen LogP contribution in [-0.2, 0) is 31.6 Å². The van der Waals surface area contributed by atoms with E-state index in [1.807, 2.05) is 0 Å². The van der Waals surface area contributed by atoms with E-state index in [1.165, 1.54) is 10.9 Å². The first-order chi connectivity index (χ1) is 13.7. The van der Waals surface area contributed by atoms with Gasteiger partial charge in [0.25, 0.3) is 21.2 Å². The summed E-state index contributed by atoms with van der Waals surface area (Å²) in [5.74, 6) is -0.151. The average molecular weight is 579 g/mol. The van der Waals surface area contributed by atoms with Crippen molar-refractivity contribution in [2.75, 3.05) is 12.3 Å². The van der Waals surface area contributed by atoms with E-state index < -0.39 is 48.0 Å². The van der Waals surface area contributed by atoms with Crippen LogP contribution in [0.3, 0.4) is 0 Å². The second-order valence-electron chi connectivity index (χ2n) is 5.87. The summed E-state index contributed by atoms with van der Waals surface area (Å²) in [6.45, 7) is -0.702. The predicted molar refractivity (Wildman–Crippen MR) is 86.6 cm³/mol. The number of imidazole rings is 1. The number of rotatable bonds is 8. The summed E-state index contributed by atoms with van der Waals surface area (Å²) in [5, 5.41) is 0. The Hall–Kier alpha value is 2.52. The van der Waals surface area contributed by atoms with Crippen molar-refractivity contribution in [3.05, 3.63) is 16.7 Å². The summed E-state index contributed by atoms with van der Waals surface area (Å²) in [6.07, 6.45) is 0.248. The fourth-order valence-corrected chi connectivity index (χ4v) is 5.51. The molecule has 1 saturated heterocycles. The standard InChI is InChI=1S/C10H16N5O12P3.4Na/c11-10-13-8-7(9(16)14-10)12-4-15(8)6-2-1-5(25-6)3-24-29(20,21)27-30(22,23)26-28(17,18)19;;;;/h4-6H,1-3H2,(H,20,21)(H,22,23)(H2,17,18,19)(H3,11,13,14,16);;;;/q;4*+1/p-4/t5-,6+;;;;/m0..../s1. The van der Waals surface area contributed by atoms with Crippen molar-refractivity contribution in [2.24, 2.45) is 0 Å². The van der Waals surface area contributed by atoms with Gasteiger partial charge in [0.2, 0.25) is 5.95 Å². The Balaban J connectivity index is 0. The molecule has 0 bridgehead atoms. The molecular formula is C10H12N5Na4O12P3. The van der Waals surface area contributed by atoms with E-state index in [-0.39, 0.29) is 142 Å². The normalized spacial score (nSPS) is 21.2. The van der Waals surface area contributed by atoms with Gasteiger partial charge in [0.1, 0.15) is 6.23 Å². The van der Waals surface area contributed by atoms with Crippen LogP contribution >= 0.6 is 23.5 Å². The first-order valence-corrected chi connectivity index (χ1v) is 12.2. The van der Waals surface area contributed by atoms with Crippen LogP contribution in [0.2, 0.25) is 0 Å². The molecule has 3 rings (SSSR count). The zero-order chi connectivity index (χ0) is 22.3. The molecule has 0 aromatic carbocycles. The molecule has 3 heterocycles. The summed E-state index contributed by atoms with van der Waals surface area (Å²) in [5.41, 5.74) is 5.07. The summed E-state index contributed by atoms with van der Waals surface area (Å²) >= 11 is 0. The number of ether oxygens (including phenoxy) is 1. The van der Waals surface area contributed by atoms with Crippen molar-refractivity contribution in [3.8, 4) is 0 Å². The smallest absolute Gasteiger partial charge is 0.790 e. The minimum atomic E-state index is -6.07. The Labute approximate surface area is 279 Å². The number of hydrogen-bond donors (Lipinski definition) is 2. The second-order valence-corrected chi connectivity index (χ2v) is 10.1. The molecule has 0 radical (unpaired) electrons. The van der Waals surface area contributed by atoms with Crippen LogP contribution in [0, 0.1) is 0 Å². The van der Waals surface area contributed by atoms with Gasteiger partial charge in [-0.05, 0) is 12.8 Å². The third kappa shape index (κ3) is 11.3. The van der Waals surface area contributed by atoms with Crippen LogP contribution in [0.5, 0.6) is 0 Å². The van der Waals surface area contributed by atoms with Gasteiger partial charge in [0.15, 0.2) is 11.2 Å². The number of phosphoric acid groups is 3. The average Bonchev–Trinajstić information content (AvgIpc) is 3.15. The van der Waals surface area contributed by atoms with Crippen LogP contribution in [0.4, 0.5) is 5.95 Å². The molecule has 0 aliphatic carbocycles. The maximum atomic E-state index is 11.8. The monoisotopic (exact) mass is 579 g/mol. The molecule has 34 heavy (non-hydrogen) atoms. The molecule has 0 spiro atoms. The van der Waals surface area contributed by atoms with Gasteiger partial charge < -0.3 is 39.1 Å². The molecule has 0 amide bonds. The summed E-state index contributed by atoms with van der Waals surface area (Å²) in [7, 11) is -17.7. The molecule has 2 aromatic rings. The quantitative estimate of drug-likeness (QED) is 0.217. The number of nitrogens with zero attached hydrogens (tertiary/aromatic N) is 3. The van der Waals surface area contributed by atoms with Gasteiger partial charge in [-0.2, -0.15) is 4.98 Å². The van der Waals surface area contributed by atoms with Crippen LogP contribution in [0.25, 0.3) is 11.2 Å². The molecule has 1 fully saturated rings. The van der Waals surface area contributed by atoms with Crippen molar-refractivity contribution < 1.29 is 169 Å². The molecule has 3 N–H and O–H groups in total. The fourth-order valence-electron chi connectivity index (χ4n) is 2.63. The third-order valence-electron chi connectivity index (χ3n) is 3.66. The number of hydrogen-bond acceptors (Lipinski definition) is 15. The van der Waals surface area contributed by atoms with E-state index >= 15 is 0 Å². The number of anilines is 1. The summed E-state index contributed by atoms with van der Waals surface area (Å²) < 4.78 is 50.8. The molecule has 1 aliphatic rings. The largest absolute Gasteiger partial charge is 1.00 e. The van der Waals surface area contributed by atoms with Crippen molar-refractivity contribution in [1.82, 2.24) is 19.5 Å². The van der Waals surface area contributed by atoms with Gasteiger partial charge in [-0.25, -0.2) is 9.29 Å². The van der Waals surface area contributed by atoms with Crippen LogP contribution < -0.4 is 149 Å². The van der Waals surface area contributed by atoms with E-state index in [1.54, 1.807) is 0 Å². The van der Waals surface area contributed by atoms with E-state index in [4.69, 9.17) is 10.5 Å². The first-order valence-electron chi connectivity index (χ1n) is 7.84. The molecule has 1 aliphatic heterocycles. The molecule has 2 aromatic heterocycles. The second kappa shape index (κ2) is 15.3. The van der Waals surface area contributed by atoms with Crippen molar-refractivity contribution in [1.29, 1.82) is 0 Å². The zero-order valence-electron chi connectivity index (χ0n) is 18.5. The summed E-state index contributed by atoms with van der Waals surface area (Å²) in [4.78, 5) is 65.2. The predicted octanol–water partition coefficient (Wildman–Crippen LogP) is -14.8. The fraction of sp³-hybridized carbons (Fsp3) is 0.500. The van der Waals surface area contributed by atoms with Crippen molar-refractivity contribution in [2.45, 2.75) is 25.2 Å². The number of nitrogens with one attached hydrogen (secondary N) is 1. The first kappa shape index (κ1) is 38.7. The maximum Gasteiger partial charge on any atom is 1.00 e. The third-order valence-corrected chi connectivity index (χ3v) is 7.33. The van der Waals surface area contributed by atoms with Crippen LogP contribution in [-0.4, -0.2) is 32.2 Å². The van der Waals surface area contributed by atoms with E-state index in [2.05, 4.69) is 28.1 Å².